The van der Waals surface area contributed by atoms with Crippen molar-refractivity contribution < 1.29 is 9.59 Å². The number of hydrogen-bond donors (Lipinski definition) is 3. The van der Waals surface area contributed by atoms with Gasteiger partial charge in [-0.2, -0.15) is 5.10 Å². The highest BCUT2D eigenvalue weighted by atomic mass is 16.2. The number of benzene rings is 1. The Hall–Kier alpha value is -2.63. The maximum absolute atomic E-state index is 11.9. The Kier molecular flexibility index (Phi) is 3.43. The molecule has 1 aliphatic rings. The van der Waals surface area contributed by atoms with Crippen LogP contribution in [0.4, 0.5) is 5.82 Å². The Bertz CT molecular complexity index is 678. The molecule has 0 radical (unpaired) electrons. The summed E-state index contributed by atoms with van der Waals surface area (Å²) < 4.78 is 0. The molecule has 2 heterocycles. The number of nitrogens with one attached hydrogen (secondary N) is 3. The SMILES string of the molecule is CNC(=O)c1[nH]nc2c1C(Cc1ccccc1)CC(=O)N2. The molecule has 0 bridgehead atoms. The average molecular weight is 284 g/mol. The smallest absolute Gasteiger partial charge is 0.269 e. The van der Waals surface area contributed by atoms with Gasteiger partial charge in [0, 0.05) is 24.9 Å². The van der Waals surface area contributed by atoms with Crippen LogP contribution in [-0.2, 0) is 11.2 Å². The molecule has 3 N–H and O–H groups in total. The van der Waals surface area contributed by atoms with Gasteiger partial charge in [0.05, 0.1) is 0 Å². The van der Waals surface area contributed by atoms with Crippen LogP contribution in [0.3, 0.4) is 0 Å². The molecule has 3 rings (SSSR count). The van der Waals surface area contributed by atoms with Gasteiger partial charge in [0.25, 0.3) is 5.91 Å². The van der Waals surface area contributed by atoms with Crippen molar-refractivity contribution in [3.8, 4) is 0 Å². The van der Waals surface area contributed by atoms with Crippen LogP contribution in [0.15, 0.2) is 30.3 Å². The number of hydrogen-bond acceptors (Lipinski definition) is 3. The lowest BCUT2D eigenvalue weighted by Crippen LogP contribution is -2.27. The Morgan fingerprint density at radius 3 is 2.86 bits per heavy atom. The van der Waals surface area contributed by atoms with Gasteiger partial charge >= 0.3 is 0 Å². The van der Waals surface area contributed by atoms with E-state index in [4.69, 9.17) is 0 Å². The fourth-order valence-corrected chi connectivity index (χ4v) is 2.72. The van der Waals surface area contributed by atoms with E-state index in [-0.39, 0.29) is 17.7 Å². The van der Waals surface area contributed by atoms with Gasteiger partial charge in [0.15, 0.2) is 5.82 Å². The van der Waals surface area contributed by atoms with Crippen LogP contribution in [0.5, 0.6) is 0 Å². The van der Waals surface area contributed by atoms with Crippen LogP contribution >= 0.6 is 0 Å². The van der Waals surface area contributed by atoms with Crippen molar-refractivity contribution in [3.63, 3.8) is 0 Å². The van der Waals surface area contributed by atoms with E-state index in [0.717, 1.165) is 11.1 Å². The fourth-order valence-electron chi connectivity index (χ4n) is 2.72. The second-order valence-corrected chi connectivity index (χ2v) is 5.08. The standard InChI is InChI=1S/C15H16N4O2/c1-16-15(21)13-12-10(7-9-5-3-2-4-6-9)8-11(20)17-14(12)19-18-13/h2-6,10H,7-8H2,1H3,(H,16,21)(H2,17,18,19,20). The first-order valence-electron chi connectivity index (χ1n) is 6.83. The van der Waals surface area contributed by atoms with Crippen LogP contribution in [0.2, 0.25) is 0 Å². The molecule has 0 fully saturated rings. The van der Waals surface area contributed by atoms with Crippen LogP contribution in [0, 0.1) is 0 Å². The molecular formula is C15H16N4O2. The number of carbonyl (C=O) groups is 2. The number of anilines is 1. The third-order valence-corrected chi connectivity index (χ3v) is 3.68. The lowest BCUT2D eigenvalue weighted by Gasteiger charge is -2.22. The molecule has 0 spiro atoms. The molecule has 6 heteroatoms. The molecule has 1 atom stereocenters. The molecule has 1 aromatic carbocycles. The zero-order valence-electron chi connectivity index (χ0n) is 11.6. The van der Waals surface area contributed by atoms with Gasteiger partial charge in [-0.05, 0) is 12.0 Å². The highest BCUT2D eigenvalue weighted by Gasteiger charge is 2.32. The Balaban J connectivity index is 1.97. The summed E-state index contributed by atoms with van der Waals surface area (Å²) in [5.74, 6) is 0.115. The summed E-state index contributed by atoms with van der Waals surface area (Å²) in [5.41, 5.74) is 2.35. The molecule has 1 unspecified atom stereocenters. The molecule has 2 aromatic rings. The van der Waals surface area contributed by atoms with Gasteiger partial charge in [-0.25, -0.2) is 0 Å². The van der Waals surface area contributed by atoms with Gasteiger partial charge in [0.1, 0.15) is 5.69 Å². The van der Waals surface area contributed by atoms with Crippen molar-refractivity contribution in [2.75, 3.05) is 12.4 Å². The number of amides is 2. The Morgan fingerprint density at radius 1 is 1.38 bits per heavy atom. The molecule has 21 heavy (non-hydrogen) atoms. The number of rotatable bonds is 3. The first kappa shape index (κ1) is 13.4. The van der Waals surface area contributed by atoms with Crippen molar-refractivity contribution in [2.45, 2.75) is 18.8 Å². The topological polar surface area (TPSA) is 86.9 Å². The lowest BCUT2D eigenvalue weighted by molar-refractivity contribution is -0.116. The van der Waals surface area contributed by atoms with Crippen LogP contribution < -0.4 is 10.6 Å². The number of carbonyl (C=O) groups excluding carboxylic acids is 2. The van der Waals surface area contributed by atoms with Crippen LogP contribution in [0.1, 0.15) is 34.0 Å². The molecule has 6 nitrogen and oxygen atoms in total. The lowest BCUT2D eigenvalue weighted by atomic mass is 9.86. The predicted molar refractivity (Wildman–Crippen MR) is 78.1 cm³/mol. The summed E-state index contributed by atoms with van der Waals surface area (Å²) in [4.78, 5) is 23.7. The number of aromatic amines is 1. The van der Waals surface area contributed by atoms with E-state index in [1.165, 1.54) is 0 Å². The first-order valence-corrected chi connectivity index (χ1v) is 6.83. The summed E-state index contributed by atoms with van der Waals surface area (Å²) in [6.07, 6.45) is 1.05. The van der Waals surface area contributed by atoms with Crippen molar-refractivity contribution in [3.05, 3.63) is 47.2 Å². The fraction of sp³-hybridized carbons (Fsp3) is 0.267. The molecule has 108 valence electrons. The van der Waals surface area contributed by atoms with E-state index < -0.39 is 0 Å². The molecule has 2 amide bonds. The second-order valence-electron chi connectivity index (χ2n) is 5.08. The molecule has 0 saturated heterocycles. The van der Waals surface area contributed by atoms with Crippen LogP contribution in [0.25, 0.3) is 0 Å². The minimum Gasteiger partial charge on any atom is -0.354 e. The van der Waals surface area contributed by atoms with E-state index >= 15 is 0 Å². The zero-order chi connectivity index (χ0) is 14.8. The number of H-pyrrole nitrogens is 1. The third kappa shape index (κ3) is 2.52. The van der Waals surface area contributed by atoms with Crippen molar-refractivity contribution in [1.29, 1.82) is 0 Å². The second kappa shape index (κ2) is 5.40. The zero-order valence-corrected chi connectivity index (χ0v) is 11.6. The van der Waals surface area contributed by atoms with Crippen molar-refractivity contribution in [1.82, 2.24) is 15.5 Å². The molecule has 1 aliphatic heterocycles. The van der Waals surface area contributed by atoms with E-state index in [0.29, 0.717) is 24.4 Å². The first-order chi connectivity index (χ1) is 10.2. The quantitative estimate of drug-likeness (QED) is 0.797. The maximum atomic E-state index is 11.9. The average Bonchev–Trinajstić information content (AvgIpc) is 2.91. The highest BCUT2D eigenvalue weighted by molar-refractivity contribution is 6.00. The molecule has 0 aliphatic carbocycles. The van der Waals surface area contributed by atoms with Gasteiger partial charge < -0.3 is 10.6 Å². The maximum Gasteiger partial charge on any atom is 0.269 e. The van der Waals surface area contributed by atoms with Gasteiger partial charge in [-0.1, -0.05) is 30.3 Å². The molecule has 1 aromatic heterocycles. The molecular weight excluding hydrogens is 268 g/mol. The number of fused-ring (bicyclic) bond motifs is 1. The minimum atomic E-state index is -0.224. The number of nitrogens with zero attached hydrogens (tertiary/aromatic N) is 1. The number of aromatic nitrogens is 2. The monoisotopic (exact) mass is 284 g/mol. The van der Waals surface area contributed by atoms with Gasteiger partial charge in [-0.3, -0.25) is 14.7 Å². The Morgan fingerprint density at radius 2 is 2.14 bits per heavy atom. The van der Waals surface area contributed by atoms with Crippen molar-refractivity contribution >= 4 is 17.6 Å². The van der Waals surface area contributed by atoms with Gasteiger partial charge in [0.2, 0.25) is 5.91 Å². The summed E-state index contributed by atoms with van der Waals surface area (Å²) in [5, 5.41) is 12.1. The summed E-state index contributed by atoms with van der Waals surface area (Å²) in [6.45, 7) is 0. The minimum absolute atomic E-state index is 0.0535. The highest BCUT2D eigenvalue weighted by Crippen LogP contribution is 2.35. The summed E-state index contributed by atoms with van der Waals surface area (Å²) >= 11 is 0. The predicted octanol–water partition coefficient (Wildman–Crippen LogP) is 1.44. The Labute approximate surface area is 121 Å². The van der Waals surface area contributed by atoms with Crippen LogP contribution in [-0.4, -0.2) is 29.1 Å². The van der Waals surface area contributed by atoms with E-state index in [1.807, 2.05) is 30.3 Å². The summed E-state index contributed by atoms with van der Waals surface area (Å²) in [6, 6.07) is 9.93. The van der Waals surface area contributed by atoms with Gasteiger partial charge in [-0.15, -0.1) is 0 Å². The normalized spacial score (nSPS) is 17.0. The largest absolute Gasteiger partial charge is 0.354 e. The van der Waals surface area contributed by atoms with E-state index in [1.54, 1.807) is 7.05 Å². The molecule has 0 saturated carbocycles. The van der Waals surface area contributed by atoms with Crippen molar-refractivity contribution in [2.24, 2.45) is 0 Å². The summed E-state index contributed by atoms with van der Waals surface area (Å²) in [7, 11) is 1.57. The van der Waals surface area contributed by atoms with E-state index in [2.05, 4.69) is 20.8 Å². The third-order valence-electron chi connectivity index (χ3n) is 3.68. The van der Waals surface area contributed by atoms with E-state index in [9.17, 15) is 9.59 Å².